The van der Waals surface area contributed by atoms with Crippen molar-refractivity contribution in [3.63, 3.8) is 0 Å². The summed E-state index contributed by atoms with van der Waals surface area (Å²) in [5, 5.41) is 12.5. The van der Waals surface area contributed by atoms with E-state index in [4.69, 9.17) is 0 Å². The molecule has 0 aliphatic carbocycles. The summed E-state index contributed by atoms with van der Waals surface area (Å²) in [4.78, 5) is 24.0. The predicted octanol–water partition coefficient (Wildman–Crippen LogP) is 3.20. The largest absolute Gasteiger partial charge is 0.618 e. The van der Waals surface area contributed by atoms with E-state index in [1.165, 1.54) is 37.4 Å². The van der Waals surface area contributed by atoms with Crippen molar-refractivity contribution in [2.45, 2.75) is 6.36 Å². The highest BCUT2D eigenvalue weighted by atomic mass is 19.4. The maximum atomic E-state index is 12.5. The van der Waals surface area contributed by atoms with E-state index in [-0.39, 0.29) is 28.1 Å². The third-order valence-electron chi connectivity index (χ3n) is 3.66. The average Bonchev–Trinajstić information content (AvgIpc) is 2.84. The van der Waals surface area contributed by atoms with Crippen molar-refractivity contribution in [3.8, 4) is 5.75 Å². The van der Waals surface area contributed by atoms with Crippen LogP contribution in [0.2, 0.25) is 0 Å². The summed E-state index contributed by atoms with van der Waals surface area (Å²) >= 11 is 0. The lowest BCUT2D eigenvalue weighted by Crippen LogP contribution is -2.18. The number of halogens is 3. The number of alkyl halides is 3. The van der Waals surface area contributed by atoms with Crippen molar-refractivity contribution in [2.24, 2.45) is 0 Å². The fraction of sp³-hybridized carbons (Fsp3) is 0.118. The van der Waals surface area contributed by atoms with Crippen LogP contribution in [0.4, 0.5) is 18.9 Å². The van der Waals surface area contributed by atoms with Crippen LogP contribution in [0, 0.1) is 5.21 Å². The number of Topliss-reactive ketones (excluding diaryl/α,β-unsaturated/α-hetero) is 1. The van der Waals surface area contributed by atoms with Gasteiger partial charge in [0.05, 0.1) is 18.2 Å². The Morgan fingerprint density at radius 2 is 1.77 bits per heavy atom. The zero-order chi connectivity index (χ0) is 19.1. The second-order valence-corrected chi connectivity index (χ2v) is 5.27. The lowest BCUT2D eigenvalue weighted by Gasteiger charge is -2.08. The van der Waals surface area contributed by atoms with Gasteiger partial charge < -0.3 is 14.7 Å². The van der Waals surface area contributed by atoms with E-state index < -0.39 is 23.9 Å². The van der Waals surface area contributed by atoms with Crippen molar-refractivity contribution in [1.82, 2.24) is 0 Å². The molecule has 6 nitrogen and oxygen atoms in total. The highest BCUT2D eigenvalue weighted by molar-refractivity contribution is 6.52. The smallest absolute Gasteiger partial charge is 0.573 e. The number of carbonyl (C=O) groups is 2. The van der Waals surface area contributed by atoms with Gasteiger partial charge in [0, 0.05) is 6.07 Å². The van der Waals surface area contributed by atoms with Gasteiger partial charge in [-0.15, -0.1) is 13.2 Å². The molecule has 9 heteroatoms. The van der Waals surface area contributed by atoms with E-state index in [0.29, 0.717) is 4.74 Å². The van der Waals surface area contributed by atoms with E-state index in [9.17, 15) is 28.0 Å². The van der Waals surface area contributed by atoms with Crippen molar-refractivity contribution < 1.29 is 37.0 Å². The lowest BCUT2D eigenvalue weighted by atomic mass is 10.0. The van der Waals surface area contributed by atoms with Crippen LogP contribution >= 0.6 is 0 Å². The molecule has 0 unspecified atom stereocenters. The van der Waals surface area contributed by atoms with Gasteiger partial charge in [-0.05, 0) is 36.4 Å². The molecule has 0 aromatic heterocycles. The number of hydrogen-bond donors (Lipinski definition) is 0. The Labute approximate surface area is 144 Å². The molecule has 1 heterocycles. The molecule has 1 aliphatic heterocycles. The number of methoxy groups -OCH3 is 1. The molecule has 26 heavy (non-hydrogen) atoms. The van der Waals surface area contributed by atoms with Crippen LogP contribution < -0.4 is 4.74 Å². The Bertz CT molecular complexity index is 932. The standard InChI is InChI=1S/C17H10F3NO5/c1-25-16(23)10-4-7-12-13(8-10)21(24)14(15(12)22)9-2-5-11(6-3-9)26-17(18,19)20/h2-8H,1H3. The van der Waals surface area contributed by atoms with E-state index in [2.05, 4.69) is 9.47 Å². The number of ketones is 1. The Morgan fingerprint density at radius 1 is 1.12 bits per heavy atom. The van der Waals surface area contributed by atoms with Crippen molar-refractivity contribution in [2.75, 3.05) is 7.11 Å². The van der Waals surface area contributed by atoms with Gasteiger partial charge in [0.1, 0.15) is 11.3 Å². The Balaban J connectivity index is 1.98. The molecule has 0 bridgehead atoms. The minimum absolute atomic E-state index is 0.0384. The van der Waals surface area contributed by atoms with E-state index >= 15 is 0 Å². The minimum Gasteiger partial charge on any atom is -0.618 e. The van der Waals surface area contributed by atoms with Crippen LogP contribution in [0.25, 0.3) is 0 Å². The van der Waals surface area contributed by atoms with Crippen molar-refractivity contribution >= 4 is 23.2 Å². The molecule has 1 aliphatic rings. The number of fused-ring (bicyclic) bond motifs is 1. The molecule has 0 amide bonds. The maximum Gasteiger partial charge on any atom is 0.573 e. The summed E-state index contributed by atoms with van der Waals surface area (Å²) < 4.78 is 45.3. The number of esters is 1. The fourth-order valence-corrected chi connectivity index (χ4v) is 2.54. The number of carbonyl (C=O) groups excluding carboxylic acids is 2. The number of rotatable bonds is 3. The maximum absolute atomic E-state index is 12.5. The van der Waals surface area contributed by atoms with Crippen molar-refractivity contribution in [1.29, 1.82) is 0 Å². The second kappa shape index (κ2) is 6.17. The van der Waals surface area contributed by atoms with Gasteiger partial charge in [-0.3, -0.25) is 4.79 Å². The molecule has 2 aromatic carbocycles. The van der Waals surface area contributed by atoms with Gasteiger partial charge in [0.25, 0.3) is 11.5 Å². The highest BCUT2D eigenvalue weighted by Gasteiger charge is 2.37. The van der Waals surface area contributed by atoms with Crippen LogP contribution in [0.15, 0.2) is 42.5 Å². The normalized spacial score (nSPS) is 13.6. The molecular weight excluding hydrogens is 355 g/mol. The monoisotopic (exact) mass is 365 g/mol. The van der Waals surface area contributed by atoms with Crippen LogP contribution in [0.5, 0.6) is 5.75 Å². The Hall–Kier alpha value is -3.36. The predicted molar refractivity (Wildman–Crippen MR) is 82.6 cm³/mol. The van der Waals surface area contributed by atoms with Gasteiger partial charge in [0.2, 0.25) is 5.69 Å². The number of hydrogen-bond acceptors (Lipinski definition) is 5. The number of nitrogens with zero attached hydrogens (tertiary/aromatic N) is 1. The van der Waals surface area contributed by atoms with E-state index in [0.717, 1.165) is 12.1 Å². The average molecular weight is 365 g/mol. The van der Waals surface area contributed by atoms with Crippen LogP contribution in [0.3, 0.4) is 0 Å². The lowest BCUT2D eigenvalue weighted by molar-refractivity contribution is -0.355. The van der Waals surface area contributed by atoms with Gasteiger partial charge >= 0.3 is 12.3 Å². The molecule has 0 N–H and O–H groups in total. The topological polar surface area (TPSA) is 78.7 Å². The number of ether oxygens (including phenoxy) is 2. The molecule has 0 saturated heterocycles. The second-order valence-electron chi connectivity index (χ2n) is 5.27. The molecule has 0 atom stereocenters. The Morgan fingerprint density at radius 3 is 2.35 bits per heavy atom. The zero-order valence-corrected chi connectivity index (χ0v) is 13.2. The molecule has 3 rings (SSSR count). The molecule has 0 saturated carbocycles. The molecular formula is C17H10F3NO5. The van der Waals surface area contributed by atoms with Crippen LogP contribution in [0.1, 0.15) is 26.3 Å². The summed E-state index contributed by atoms with van der Waals surface area (Å²) in [5.74, 6) is -1.75. The first kappa shape index (κ1) is 17.5. The fourth-order valence-electron chi connectivity index (χ4n) is 2.54. The van der Waals surface area contributed by atoms with Crippen LogP contribution in [-0.4, -0.2) is 35.7 Å². The summed E-state index contributed by atoms with van der Waals surface area (Å²) in [6, 6.07) is 8.24. The molecule has 0 fully saturated rings. The number of benzene rings is 2. The SMILES string of the molecule is COC(=O)c1ccc2c(c1)[N+]([O-])=C(c1ccc(OC(F)(F)F)cc1)C2=O. The van der Waals surface area contributed by atoms with Gasteiger partial charge in [-0.25, -0.2) is 4.79 Å². The molecule has 2 aromatic rings. The van der Waals surface area contributed by atoms with Crippen molar-refractivity contribution in [3.05, 3.63) is 64.4 Å². The zero-order valence-electron chi connectivity index (χ0n) is 13.2. The van der Waals surface area contributed by atoms with Gasteiger partial charge in [0.15, 0.2) is 0 Å². The van der Waals surface area contributed by atoms with E-state index in [1.54, 1.807) is 0 Å². The molecule has 0 radical (unpaired) electrons. The summed E-state index contributed by atoms with van der Waals surface area (Å²) in [6.45, 7) is 0. The van der Waals surface area contributed by atoms with Gasteiger partial charge in [-0.1, -0.05) is 0 Å². The highest BCUT2D eigenvalue weighted by Crippen LogP contribution is 2.30. The quantitative estimate of drug-likeness (QED) is 0.474. The molecule has 0 spiro atoms. The molecule has 134 valence electrons. The first-order valence-electron chi connectivity index (χ1n) is 7.19. The third kappa shape index (κ3) is 3.10. The van der Waals surface area contributed by atoms with Crippen LogP contribution in [-0.2, 0) is 4.74 Å². The summed E-state index contributed by atoms with van der Waals surface area (Å²) in [5.41, 5.74) is -0.00668. The Kier molecular flexibility index (Phi) is 4.15. The van der Waals surface area contributed by atoms with E-state index in [1.807, 2.05) is 0 Å². The minimum atomic E-state index is -4.84. The third-order valence-corrected chi connectivity index (χ3v) is 3.66. The summed E-state index contributed by atoms with van der Waals surface area (Å²) in [7, 11) is 1.18. The van der Waals surface area contributed by atoms with Gasteiger partial charge in [-0.2, -0.15) is 4.74 Å². The summed E-state index contributed by atoms with van der Waals surface area (Å²) in [6.07, 6.45) is -4.84. The first-order chi connectivity index (χ1) is 12.2. The first-order valence-corrected chi connectivity index (χ1v) is 7.19.